The summed E-state index contributed by atoms with van der Waals surface area (Å²) in [6.07, 6.45) is -5.09. The quantitative estimate of drug-likeness (QED) is 0.331. The van der Waals surface area contributed by atoms with Crippen LogP contribution in [0, 0.1) is 6.92 Å². The minimum absolute atomic E-state index is 0.00963. The summed E-state index contributed by atoms with van der Waals surface area (Å²) in [7, 11) is -4.11. The number of hydrogen-bond donors (Lipinski definition) is 1. The van der Waals surface area contributed by atoms with Crippen molar-refractivity contribution in [2.24, 2.45) is 0 Å². The smallest absolute Gasteiger partial charge is 0.351 e. The van der Waals surface area contributed by atoms with Crippen molar-refractivity contribution >= 4 is 44.9 Å². The van der Waals surface area contributed by atoms with Gasteiger partial charge in [0.25, 0.3) is 11.8 Å². The van der Waals surface area contributed by atoms with Crippen molar-refractivity contribution in [3.63, 3.8) is 0 Å². The van der Waals surface area contributed by atoms with Crippen molar-refractivity contribution in [2.45, 2.75) is 56.4 Å². The van der Waals surface area contributed by atoms with E-state index < -0.39 is 76.2 Å². The molecule has 0 bridgehead atoms. The second-order valence-corrected chi connectivity index (χ2v) is 13.1. The summed E-state index contributed by atoms with van der Waals surface area (Å²) in [6.45, 7) is 1.68. The van der Waals surface area contributed by atoms with Crippen molar-refractivity contribution in [3.8, 4) is 0 Å². The van der Waals surface area contributed by atoms with E-state index in [4.69, 9.17) is 11.6 Å². The van der Waals surface area contributed by atoms with Gasteiger partial charge in [0.1, 0.15) is 17.9 Å². The molecule has 2 aromatic carbocycles. The minimum Gasteiger partial charge on any atom is -0.351 e. The van der Waals surface area contributed by atoms with E-state index in [0.717, 1.165) is 21.3 Å². The highest BCUT2D eigenvalue weighted by Crippen LogP contribution is 2.41. The van der Waals surface area contributed by atoms with E-state index in [-0.39, 0.29) is 28.5 Å². The molecule has 44 heavy (non-hydrogen) atoms. The van der Waals surface area contributed by atoms with E-state index in [1.54, 1.807) is 13.0 Å². The first kappa shape index (κ1) is 31.6. The molecule has 1 aliphatic carbocycles. The summed E-state index contributed by atoms with van der Waals surface area (Å²) >= 11 is 6.45. The van der Waals surface area contributed by atoms with Crippen molar-refractivity contribution in [2.75, 3.05) is 15.0 Å². The summed E-state index contributed by atoms with van der Waals surface area (Å²) < 4.78 is 96.0. The molecule has 1 aromatic heterocycles. The summed E-state index contributed by atoms with van der Waals surface area (Å²) in [4.78, 5) is 33.3. The molecular formula is C29H26ClF5N4O4S. The number of rotatable bonds is 7. The Morgan fingerprint density at radius 2 is 1.80 bits per heavy atom. The average molecular weight is 657 g/mol. The number of halogens is 6. The van der Waals surface area contributed by atoms with Crippen LogP contribution < -0.4 is 14.5 Å². The van der Waals surface area contributed by atoms with Crippen LogP contribution >= 0.6 is 11.6 Å². The van der Waals surface area contributed by atoms with E-state index in [9.17, 15) is 40.0 Å². The van der Waals surface area contributed by atoms with Crippen LogP contribution in [0.3, 0.4) is 0 Å². The average Bonchev–Trinajstić information content (AvgIpc) is 3.25. The van der Waals surface area contributed by atoms with E-state index >= 15 is 0 Å². The highest BCUT2D eigenvalue weighted by Gasteiger charge is 2.50. The van der Waals surface area contributed by atoms with Gasteiger partial charge in [0.2, 0.25) is 15.9 Å². The van der Waals surface area contributed by atoms with Gasteiger partial charge in [-0.3, -0.25) is 14.5 Å². The number of sulfonamides is 1. The number of carbonyl (C=O) groups is 2. The SMILES string of the molecule is Cc1ccnc(N2[C@H](C(=O)N(c3cccc(C(F)(F)F)c3)[C@H](C(=O)NC3CC(F)(F)C3)c3ccccc3Cl)CCS2(=O)=O)c1. The van der Waals surface area contributed by atoms with Gasteiger partial charge in [-0.05, 0) is 55.3 Å². The Balaban J connectivity index is 1.67. The highest BCUT2D eigenvalue weighted by molar-refractivity contribution is 7.93. The van der Waals surface area contributed by atoms with E-state index in [0.29, 0.717) is 11.6 Å². The standard InChI is InChI=1S/C29H26ClF5N4O4S/c1-17-9-11-36-24(13-17)39-23(10-12-44(39,42)43)27(41)38(20-6-4-5-18(14-20)29(33,34)35)25(21-7-2-3-8-22(21)30)26(40)37-19-15-28(31,32)16-19/h2-9,11,13-14,19,23,25H,10,12,15-16H2,1H3,(H,37,40)/t23-,25-/m0/s1. The molecule has 1 aliphatic heterocycles. The zero-order valence-corrected chi connectivity index (χ0v) is 24.6. The van der Waals surface area contributed by atoms with Crippen LogP contribution in [0.15, 0.2) is 66.9 Å². The van der Waals surface area contributed by atoms with Crippen LogP contribution in [0.4, 0.5) is 33.5 Å². The predicted molar refractivity (Wildman–Crippen MR) is 153 cm³/mol. The van der Waals surface area contributed by atoms with Gasteiger partial charge in [0.05, 0.1) is 11.3 Å². The molecule has 1 saturated carbocycles. The number of carbonyl (C=O) groups excluding carboxylic acids is 2. The molecule has 1 N–H and O–H groups in total. The molecule has 2 atom stereocenters. The molecular weight excluding hydrogens is 631 g/mol. The Morgan fingerprint density at radius 1 is 1.09 bits per heavy atom. The molecule has 5 rings (SSSR count). The Bertz CT molecular complexity index is 1700. The molecule has 2 aliphatic rings. The third kappa shape index (κ3) is 6.36. The van der Waals surface area contributed by atoms with Crippen LogP contribution in [0.5, 0.6) is 0 Å². The van der Waals surface area contributed by atoms with Gasteiger partial charge in [-0.15, -0.1) is 0 Å². The van der Waals surface area contributed by atoms with Crippen molar-refractivity contribution in [1.29, 1.82) is 0 Å². The van der Waals surface area contributed by atoms with Gasteiger partial charge in [-0.1, -0.05) is 35.9 Å². The topological polar surface area (TPSA) is 99.7 Å². The maximum Gasteiger partial charge on any atom is 0.416 e. The lowest BCUT2D eigenvalue weighted by molar-refractivity contribution is -0.137. The normalized spacial score (nSPS) is 20.1. The number of amides is 2. The van der Waals surface area contributed by atoms with Crippen molar-refractivity contribution in [3.05, 3.63) is 88.6 Å². The predicted octanol–water partition coefficient (Wildman–Crippen LogP) is 5.66. The Labute approximate surface area is 254 Å². The van der Waals surface area contributed by atoms with Crippen molar-refractivity contribution < 1.29 is 40.0 Å². The van der Waals surface area contributed by atoms with Gasteiger partial charge in [-0.25, -0.2) is 26.5 Å². The van der Waals surface area contributed by atoms with Crippen LogP contribution in [0.2, 0.25) is 5.02 Å². The molecule has 0 spiro atoms. The summed E-state index contributed by atoms with van der Waals surface area (Å²) in [5, 5.41) is 2.43. The number of aryl methyl sites for hydroxylation is 1. The summed E-state index contributed by atoms with van der Waals surface area (Å²) in [5.41, 5.74) is -0.903. The lowest BCUT2D eigenvalue weighted by Gasteiger charge is -2.39. The number of nitrogens with one attached hydrogen (secondary N) is 1. The molecule has 15 heteroatoms. The van der Waals surface area contributed by atoms with E-state index in [1.165, 1.54) is 42.6 Å². The Morgan fingerprint density at radius 3 is 2.43 bits per heavy atom. The van der Waals surface area contributed by atoms with Crippen LogP contribution in [-0.2, 0) is 25.8 Å². The lowest BCUT2D eigenvalue weighted by atomic mass is 9.87. The Kier molecular flexibility index (Phi) is 8.35. The number of nitrogens with zero attached hydrogens (tertiary/aromatic N) is 3. The molecule has 2 fully saturated rings. The van der Waals surface area contributed by atoms with Crippen LogP contribution in [0.25, 0.3) is 0 Å². The van der Waals surface area contributed by atoms with Gasteiger partial charge in [0.15, 0.2) is 0 Å². The zero-order chi connectivity index (χ0) is 32.0. The first-order chi connectivity index (χ1) is 20.6. The first-order valence-electron chi connectivity index (χ1n) is 13.5. The van der Waals surface area contributed by atoms with Gasteiger partial charge >= 0.3 is 6.18 Å². The number of hydrogen-bond acceptors (Lipinski definition) is 5. The largest absolute Gasteiger partial charge is 0.416 e. The second-order valence-electron chi connectivity index (χ2n) is 10.8. The summed E-state index contributed by atoms with van der Waals surface area (Å²) in [6, 6.07) is 8.23. The number of anilines is 2. The third-order valence-corrected chi connectivity index (χ3v) is 9.61. The molecule has 8 nitrogen and oxygen atoms in total. The molecule has 2 heterocycles. The van der Waals surface area contributed by atoms with E-state index in [2.05, 4.69) is 10.3 Å². The third-order valence-electron chi connectivity index (χ3n) is 7.48. The summed E-state index contributed by atoms with van der Waals surface area (Å²) in [5.74, 6) is -5.58. The number of aromatic nitrogens is 1. The monoisotopic (exact) mass is 656 g/mol. The first-order valence-corrected chi connectivity index (χ1v) is 15.4. The lowest BCUT2D eigenvalue weighted by Crippen LogP contribution is -2.56. The zero-order valence-electron chi connectivity index (χ0n) is 23.1. The molecule has 0 unspecified atom stereocenters. The molecule has 1 saturated heterocycles. The van der Waals surface area contributed by atoms with Gasteiger partial charge in [-0.2, -0.15) is 13.2 Å². The highest BCUT2D eigenvalue weighted by atomic mass is 35.5. The maximum absolute atomic E-state index is 14.5. The molecule has 234 valence electrons. The van der Waals surface area contributed by atoms with E-state index in [1.807, 2.05) is 0 Å². The minimum atomic E-state index is -4.83. The van der Waals surface area contributed by atoms with Crippen LogP contribution in [-0.4, -0.2) is 49.0 Å². The van der Waals surface area contributed by atoms with Gasteiger partial charge < -0.3 is 5.32 Å². The Hall–Kier alpha value is -3.78. The fraction of sp³-hybridized carbons (Fsp3) is 0.345. The fourth-order valence-electron chi connectivity index (χ4n) is 5.37. The van der Waals surface area contributed by atoms with Crippen LogP contribution in [0.1, 0.15) is 42.0 Å². The maximum atomic E-state index is 14.5. The molecule has 2 amide bonds. The fourth-order valence-corrected chi connectivity index (χ4v) is 7.30. The molecule has 0 radical (unpaired) electrons. The second kappa shape index (κ2) is 11.6. The molecule has 3 aromatic rings. The van der Waals surface area contributed by atoms with Gasteiger partial charge in [0, 0.05) is 41.4 Å². The van der Waals surface area contributed by atoms with Crippen molar-refractivity contribution in [1.82, 2.24) is 10.3 Å². The number of benzene rings is 2. The number of pyridine rings is 1. The number of alkyl halides is 5.